The van der Waals surface area contributed by atoms with E-state index in [-0.39, 0.29) is 25.5 Å². The van der Waals surface area contributed by atoms with Crippen molar-refractivity contribution in [1.29, 1.82) is 0 Å². The van der Waals surface area contributed by atoms with Crippen molar-refractivity contribution in [3.05, 3.63) is 135 Å². The number of alkyl halides is 3. The van der Waals surface area contributed by atoms with Gasteiger partial charge in [0, 0.05) is 36.0 Å². The first-order valence-corrected chi connectivity index (χ1v) is 14.8. The second kappa shape index (κ2) is 13.7. The van der Waals surface area contributed by atoms with Gasteiger partial charge in [0.1, 0.15) is 5.75 Å². The zero-order chi connectivity index (χ0) is 31.2. The van der Waals surface area contributed by atoms with Crippen LogP contribution in [-0.4, -0.2) is 35.7 Å². The minimum atomic E-state index is -4.50. The highest BCUT2D eigenvalue weighted by Crippen LogP contribution is 2.43. The van der Waals surface area contributed by atoms with Crippen LogP contribution in [0.3, 0.4) is 0 Å². The molecule has 0 aliphatic carbocycles. The molecule has 0 fully saturated rings. The molecule has 0 aromatic heterocycles. The number of halogens is 4. The van der Waals surface area contributed by atoms with Crippen molar-refractivity contribution in [1.82, 2.24) is 5.32 Å². The van der Waals surface area contributed by atoms with Gasteiger partial charge in [0.05, 0.1) is 12.2 Å². The van der Waals surface area contributed by atoms with Crippen molar-refractivity contribution in [2.24, 2.45) is 4.99 Å². The molecule has 1 amide bonds. The molecule has 0 spiro atoms. The molecule has 2 N–H and O–H groups in total. The highest BCUT2D eigenvalue weighted by atomic mass is 79.9. The molecule has 1 heterocycles. The number of nitrogens with zero attached hydrogens (tertiary/aromatic N) is 1. The van der Waals surface area contributed by atoms with E-state index in [9.17, 15) is 18.0 Å². The maximum Gasteiger partial charge on any atom is 0.416 e. The lowest BCUT2D eigenvalue weighted by molar-refractivity contribution is -0.137. The fourth-order valence-electron chi connectivity index (χ4n) is 5.02. The van der Waals surface area contributed by atoms with Crippen LogP contribution in [0.5, 0.6) is 5.75 Å². The van der Waals surface area contributed by atoms with Gasteiger partial charge in [-0.05, 0) is 65.2 Å². The Hall–Kier alpha value is -4.15. The van der Waals surface area contributed by atoms with Gasteiger partial charge in [0.25, 0.3) is 5.91 Å². The number of benzene rings is 4. The standard InChI is InChI=1S/C34H30BrF3N2O4/c35-28-14-10-25(11-15-28)30-33(21-23-6-2-1-3-7-23,32(42)39-22-24-8-4-9-27(20-24)34(36,37)38)40-31(44-30)26-12-16-29(17-13-26)43-19-5-18-41/h1-4,6-17,20,30,41H,5,18-19,21-22H2,(H,39,42)/t30-,33-/m1/s1. The van der Waals surface area contributed by atoms with Crippen LogP contribution in [0.4, 0.5) is 13.2 Å². The van der Waals surface area contributed by atoms with E-state index in [1.165, 1.54) is 12.1 Å². The maximum absolute atomic E-state index is 14.3. The Morgan fingerprint density at radius 2 is 1.66 bits per heavy atom. The molecular formula is C34H30BrF3N2O4. The van der Waals surface area contributed by atoms with Gasteiger partial charge in [-0.1, -0.05) is 70.5 Å². The molecule has 1 aliphatic heterocycles. The van der Waals surface area contributed by atoms with Crippen molar-refractivity contribution in [2.75, 3.05) is 13.2 Å². The molecule has 1 aliphatic rings. The van der Waals surface area contributed by atoms with Crippen LogP contribution in [0.25, 0.3) is 0 Å². The number of aliphatic hydroxyl groups is 1. The van der Waals surface area contributed by atoms with Crippen LogP contribution in [0, 0.1) is 0 Å². The molecule has 0 radical (unpaired) electrons. The number of hydrogen-bond donors (Lipinski definition) is 2. The van der Waals surface area contributed by atoms with Crippen molar-refractivity contribution in [3.8, 4) is 5.75 Å². The zero-order valence-corrected chi connectivity index (χ0v) is 25.1. The molecule has 228 valence electrons. The summed E-state index contributed by atoms with van der Waals surface area (Å²) in [6, 6.07) is 28.8. The predicted molar refractivity (Wildman–Crippen MR) is 164 cm³/mol. The molecule has 0 saturated heterocycles. The molecule has 0 unspecified atom stereocenters. The monoisotopic (exact) mass is 666 g/mol. The number of carbonyl (C=O) groups excluding carboxylic acids is 1. The van der Waals surface area contributed by atoms with Gasteiger partial charge < -0.3 is 19.9 Å². The quantitative estimate of drug-likeness (QED) is 0.168. The van der Waals surface area contributed by atoms with E-state index >= 15 is 0 Å². The average Bonchev–Trinajstić information content (AvgIpc) is 3.41. The second-order valence-corrected chi connectivity index (χ2v) is 11.3. The molecule has 10 heteroatoms. The maximum atomic E-state index is 14.3. The fraction of sp³-hybridized carbons (Fsp3) is 0.235. The normalized spacial score (nSPS) is 17.9. The van der Waals surface area contributed by atoms with Gasteiger partial charge >= 0.3 is 6.18 Å². The van der Waals surface area contributed by atoms with Gasteiger partial charge in [0.15, 0.2) is 11.6 Å². The Labute approximate surface area is 261 Å². The third-order valence-electron chi connectivity index (χ3n) is 7.23. The number of rotatable bonds is 11. The number of nitrogens with one attached hydrogen (secondary N) is 1. The van der Waals surface area contributed by atoms with E-state index in [4.69, 9.17) is 19.6 Å². The number of hydrogen-bond acceptors (Lipinski definition) is 5. The van der Waals surface area contributed by atoms with Crippen molar-refractivity contribution in [2.45, 2.75) is 37.2 Å². The lowest BCUT2D eigenvalue weighted by Crippen LogP contribution is -2.49. The third kappa shape index (κ3) is 7.31. The van der Waals surface area contributed by atoms with Gasteiger partial charge in [-0.3, -0.25) is 4.79 Å². The number of ether oxygens (including phenoxy) is 2. The minimum absolute atomic E-state index is 0.0273. The Bertz CT molecular complexity index is 1600. The number of amides is 1. The molecule has 0 bridgehead atoms. The highest BCUT2D eigenvalue weighted by molar-refractivity contribution is 9.10. The smallest absolute Gasteiger partial charge is 0.416 e. The molecule has 6 nitrogen and oxygen atoms in total. The largest absolute Gasteiger partial charge is 0.494 e. The summed E-state index contributed by atoms with van der Waals surface area (Å²) in [6.45, 7) is 0.266. The molecule has 4 aromatic rings. The molecule has 4 aromatic carbocycles. The third-order valence-corrected chi connectivity index (χ3v) is 7.76. The Morgan fingerprint density at radius 1 is 0.955 bits per heavy atom. The van der Waals surface area contributed by atoms with Crippen LogP contribution in [0.1, 0.15) is 40.3 Å². The van der Waals surface area contributed by atoms with Crippen LogP contribution < -0.4 is 10.1 Å². The highest BCUT2D eigenvalue weighted by Gasteiger charge is 2.53. The molecule has 44 heavy (non-hydrogen) atoms. The number of carbonyl (C=O) groups is 1. The van der Waals surface area contributed by atoms with E-state index < -0.39 is 29.3 Å². The van der Waals surface area contributed by atoms with Crippen LogP contribution in [0.2, 0.25) is 0 Å². The first-order chi connectivity index (χ1) is 21.2. The average molecular weight is 668 g/mol. The zero-order valence-electron chi connectivity index (χ0n) is 23.6. The van der Waals surface area contributed by atoms with E-state index in [0.717, 1.165) is 22.2 Å². The fourth-order valence-corrected chi connectivity index (χ4v) is 5.28. The summed E-state index contributed by atoms with van der Waals surface area (Å²) in [6.07, 6.45) is -4.66. The Morgan fingerprint density at radius 3 is 2.34 bits per heavy atom. The van der Waals surface area contributed by atoms with Crippen LogP contribution in [-0.2, 0) is 28.7 Å². The van der Waals surface area contributed by atoms with Crippen LogP contribution >= 0.6 is 15.9 Å². The lowest BCUT2D eigenvalue weighted by Gasteiger charge is -2.31. The lowest BCUT2D eigenvalue weighted by atomic mass is 9.82. The summed E-state index contributed by atoms with van der Waals surface area (Å²) in [5, 5.41) is 11.9. The predicted octanol–water partition coefficient (Wildman–Crippen LogP) is 7.05. The summed E-state index contributed by atoms with van der Waals surface area (Å²) >= 11 is 3.46. The topological polar surface area (TPSA) is 80.2 Å². The number of aliphatic imine (C=N–C) groups is 1. The summed E-state index contributed by atoms with van der Waals surface area (Å²) < 4.78 is 53.0. The summed E-state index contributed by atoms with van der Waals surface area (Å²) in [5.74, 6) is 0.384. The van der Waals surface area contributed by atoms with Crippen molar-refractivity contribution < 1.29 is 32.5 Å². The minimum Gasteiger partial charge on any atom is -0.494 e. The Kier molecular flexibility index (Phi) is 9.71. The SMILES string of the molecule is O=C(NCc1cccc(C(F)(F)F)c1)[C@]1(Cc2ccccc2)N=C(c2ccc(OCCCO)cc2)O[C@@H]1c1ccc(Br)cc1. The first-order valence-electron chi connectivity index (χ1n) is 14.0. The van der Waals surface area contributed by atoms with Crippen molar-refractivity contribution in [3.63, 3.8) is 0 Å². The van der Waals surface area contributed by atoms with Gasteiger partial charge in [-0.2, -0.15) is 13.2 Å². The summed E-state index contributed by atoms with van der Waals surface area (Å²) in [7, 11) is 0. The van der Waals surface area contributed by atoms with Crippen molar-refractivity contribution >= 4 is 27.7 Å². The second-order valence-electron chi connectivity index (χ2n) is 10.4. The van der Waals surface area contributed by atoms with E-state index in [2.05, 4.69) is 21.2 Å². The van der Waals surface area contributed by atoms with Gasteiger partial charge in [-0.15, -0.1) is 0 Å². The molecule has 2 atom stereocenters. The molecule has 0 saturated carbocycles. The Balaban J connectivity index is 1.53. The summed E-state index contributed by atoms with van der Waals surface area (Å²) in [5.41, 5.74) is 0.211. The molecular weight excluding hydrogens is 637 g/mol. The molecule has 5 rings (SSSR count). The number of aliphatic hydroxyl groups excluding tert-OH is 1. The van der Waals surface area contributed by atoms with Gasteiger partial charge in [-0.25, -0.2) is 4.99 Å². The van der Waals surface area contributed by atoms with E-state index in [1.807, 2.05) is 54.6 Å². The summed E-state index contributed by atoms with van der Waals surface area (Å²) in [4.78, 5) is 19.2. The van der Waals surface area contributed by atoms with E-state index in [0.29, 0.717) is 35.5 Å². The van der Waals surface area contributed by atoms with E-state index in [1.54, 1.807) is 24.3 Å². The van der Waals surface area contributed by atoms with Gasteiger partial charge in [0.2, 0.25) is 5.90 Å². The van der Waals surface area contributed by atoms with Crippen LogP contribution in [0.15, 0.2) is 113 Å². The first kappa shape index (κ1) is 31.3.